The zero-order valence-electron chi connectivity index (χ0n) is 8.61. The minimum atomic E-state index is -0.159. The van der Waals surface area contributed by atoms with Crippen molar-refractivity contribution >= 4 is 0 Å². The number of hydrogen-bond donors (Lipinski definition) is 1. The van der Waals surface area contributed by atoms with Gasteiger partial charge >= 0.3 is 0 Å². The summed E-state index contributed by atoms with van der Waals surface area (Å²) >= 11 is 0. The van der Waals surface area contributed by atoms with E-state index in [1.165, 1.54) is 12.0 Å². The number of aryl methyl sites for hydroxylation is 1. The highest BCUT2D eigenvalue weighted by molar-refractivity contribution is 5.19. The number of pyridine rings is 1. The molecule has 1 aliphatic carbocycles. The van der Waals surface area contributed by atoms with Crippen molar-refractivity contribution in [2.75, 3.05) is 0 Å². The zero-order chi connectivity index (χ0) is 9.97. The van der Waals surface area contributed by atoms with Crippen molar-refractivity contribution in [3.8, 4) is 0 Å². The van der Waals surface area contributed by atoms with Crippen LogP contribution in [-0.4, -0.2) is 16.2 Å². The summed E-state index contributed by atoms with van der Waals surface area (Å²) in [5.74, 6) is 0.317. The Hall–Kier alpha value is -0.890. The first-order valence-corrected chi connectivity index (χ1v) is 5.38. The topological polar surface area (TPSA) is 33.1 Å². The quantitative estimate of drug-likeness (QED) is 0.739. The molecule has 0 saturated heterocycles. The monoisotopic (exact) mass is 191 g/mol. The predicted molar refractivity (Wildman–Crippen MR) is 56.2 cm³/mol. The van der Waals surface area contributed by atoms with Gasteiger partial charge in [0.1, 0.15) is 0 Å². The Labute approximate surface area is 85.0 Å². The van der Waals surface area contributed by atoms with Crippen LogP contribution >= 0.6 is 0 Å². The van der Waals surface area contributed by atoms with Crippen LogP contribution < -0.4 is 0 Å². The molecule has 0 amide bonds. The van der Waals surface area contributed by atoms with E-state index < -0.39 is 0 Å². The van der Waals surface area contributed by atoms with Gasteiger partial charge in [0.15, 0.2) is 0 Å². The molecular formula is C12H17NO. The zero-order valence-corrected chi connectivity index (χ0v) is 8.61. The second kappa shape index (κ2) is 4.09. The molecule has 0 aromatic carbocycles. The maximum absolute atomic E-state index is 9.86. The van der Waals surface area contributed by atoms with Crippen LogP contribution in [0.2, 0.25) is 0 Å². The van der Waals surface area contributed by atoms with E-state index in [-0.39, 0.29) is 6.10 Å². The highest BCUT2D eigenvalue weighted by atomic mass is 16.3. The summed E-state index contributed by atoms with van der Waals surface area (Å²) in [6.45, 7) is 1.99. The Balaban J connectivity index is 2.16. The lowest BCUT2D eigenvalue weighted by molar-refractivity contribution is 0.106. The molecule has 2 nitrogen and oxygen atoms in total. The fraction of sp³-hybridized carbons (Fsp3) is 0.583. The van der Waals surface area contributed by atoms with Gasteiger partial charge in [0, 0.05) is 17.8 Å². The first-order chi connectivity index (χ1) is 6.77. The molecule has 76 valence electrons. The van der Waals surface area contributed by atoms with Gasteiger partial charge in [-0.25, -0.2) is 0 Å². The van der Waals surface area contributed by atoms with E-state index in [2.05, 4.69) is 11.1 Å². The van der Waals surface area contributed by atoms with E-state index in [0.29, 0.717) is 5.92 Å². The van der Waals surface area contributed by atoms with Gasteiger partial charge in [-0.15, -0.1) is 0 Å². The molecule has 0 aliphatic heterocycles. The normalized spacial score (nSPS) is 27.6. The molecule has 2 heteroatoms. The molecule has 0 bridgehead atoms. The van der Waals surface area contributed by atoms with Crippen molar-refractivity contribution in [3.05, 3.63) is 29.6 Å². The molecule has 14 heavy (non-hydrogen) atoms. The van der Waals surface area contributed by atoms with Gasteiger partial charge in [0.2, 0.25) is 0 Å². The van der Waals surface area contributed by atoms with Gasteiger partial charge < -0.3 is 5.11 Å². The van der Waals surface area contributed by atoms with Gasteiger partial charge in [0.05, 0.1) is 6.10 Å². The number of nitrogens with zero attached hydrogens (tertiary/aromatic N) is 1. The molecule has 2 atom stereocenters. The molecule has 1 aromatic rings. The lowest BCUT2D eigenvalue weighted by atomic mass is 9.82. The van der Waals surface area contributed by atoms with E-state index in [9.17, 15) is 5.11 Å². The van der Waals surface area contributed by atoms with Crippen LogP contribution in [0, 0.1) is 6.92 Å². The number of rotatable bonds is 1. The molecule has 1 N–H and O–H groups in total. The molecule has 1 fully saturated rings. The van der Waals surface area contributed by atoms with Gasteiger partial charge in [-0.3, -0.25) is 4.98 Å². The summed E-state index contributed by atoms with van der Waals surface area (Å²) in [4.78, 5) is 4.28. The summed E-state index contributed by atoms with van der Waals surface area (Å²) in [7, 11) is 0. The van der Waals surface area contributed by atoms with E-state index in [4.69, 9.17) is 0 Å². The van der Waals surface area contributed by atoms with Crippen molar-refractivity contribution in [1.82, 2.24) is 4.98 Å². The lowest BCUT2D eigenvalue weighted by Gasteiger charge is -2.27. The first-order valence-electron chi connectivity index (χ1n) is 5.38. The predicted octanol–water partition coefficient (Wildman–Crippen LogP) is 2.41. The maximum Gasteiger partial charge on any atom is 0.0609 e. The number of aromatic nitrogens is 1. The Morgan fingerprint density at radius 1 is 1.29 bits per heavy atom. The van der Waals surface area contributed by atoms with Crippen molar-refractivity contribution in [2.45, 2.75) is 44.6 Å². The van der Waals surface area contributed by atoms with E-state index in [1.807, 2.05) is 19.2 Å². The van der Waals surface area contributed by atoms with Gasteiger partial charge in [-0.2, -0.15) is 0 Å². The van der Waals surface area contributed by atoms with Crippen LogP contribution in [0.4, 0.5) is 0 Å². The van der Waals surface area contributed by atoms with Crippen LogP contribution in [0.3, 0.4) is 0 Å². The summed E-state index contributed by atoms with van der Waals surface area (Å²) < 4.78 is 0. The van der Waals surface area contributed by atoms with Crippen molar-refractivity contribution in [2.24, 2.45) is 0 Å². The van der Waals surface area contributed by atoms with Crippen molar-refractivity contribution in [1.29, 1.82) is 0 Å². The van der Waals surface area contributed by atoms with Crippen LogP contribution in [-0.2, 0) is 0 Å². The van der Waals surface area contributed by atoms with E-state index in [0.717, 1.165) is 25.0 Å². The fourth-order valence-electron chi connectivity index (χ4n) is 2.20. The second-order valence-corrected chi connectivity index (χ2v) is 4.19. The minimum absolute atomic E-state index is 0.159. The number of aliphatic hydroxyl groups excluding tert-OH is 1. The Kier molecular flexibility index (Phi) is 2.82. The second-order valence-electron chi connectivity index (χ2n) is 4.19. The summed E-state index contributed by atoms with van der Waals surface area (Å²) in [6, 6.07) is 4.12. The van der Waals surface area contributed by atoms with Gasteiger partial charge in [-0.05, 0) is 31.4 Å². The number of aliphatic hydroxyl groups is 1. The highest BCUT2D eigenvalue weighted by Crippen LogP contribution is 2.32. The molecule has 1 aliphatic rings. The smallest absolute Gasteiger partial charge is 0.0609 e. The van der Waals surface area contributed by atoms with Crippen molar-refractivity contribution in [3.63, 3.8) is 0 Å². The molecule has 0 radical (unpaired) electrons. The standard InChI is InChI=1S/C12H17NO/c1-9-6-7-10(8-13-9)11-4-2-3-5-12(11)14/h6-8,11-12,14H,2-5H2,1H3/t11-,12-/m0/s1. The Morgan fingerprint density at radius 2 is 2.07 bits per heavy atom. The van der Waals surface area contributed by atoms with Crippen LogP contribution in [0.25, 0.3) is 0 Å². The first kappa shape index (κ1) is 9.66. The van der Waals surface area contributed by atoms with Gasteiger partial charge in [-0.1, -0.05) is 18.9 Å². The van der Waals surface area contributed by atoms with Crippen LogP contribution in [0.15, 0.2) is 18.3 Å². The van der Waals surface area contributed by atoms with Crippen LogP contribution in [0.1, 0.15) is 42.9 Å². The average molecular weight is 191 g/mol. The molecule has 1 aromatic heterocycles. The van der Waals surface area contributed by atoms with Gasteiger partial charge in [0.25, 0.3) is 0 Å². The number of hydrogen-bond acceptors (Lipinski definition) is 2. The third-order valence-corrected chi connectivity index (χ3v) is 3.09. The summed E-state index contributed by atoms with van der Waals surface area (Å²) in [5.41, 5.74) is 2.24. The molecular weight excluding hydrogens is 174 g/mol. The third kappa shape index (κ3) is 1.95. The Bertz CT molecular complexity index is 294. The molecule has 2 rings (SSSR count). The minimum Gasteiger partial charge on any atom is -0.392 e. The summed E-state index contributed by atoms with van der Waals surface area (Å²) in [6.07, 6.45) is 6.19. The Morgan fingerprint density at radius 3 is 2.71 bits per heavy atom. The van der Waals surface area contributed by atoms with E-state index >= 15 is 0 Å². The average Bonchev–Trinajstić information content (AvgIpc) is 2.20. The third-order valence-electron chi connectivity index (χ3n) is 3.09. The SMILES string of the molecule is Cc1ccc([C@@H]2CCCC[C@@H]2O)cn1. The lowest BCUT2D eigenvalue weighted by Crippen LogP contribution is -2.22. The summed E-state index contributed by atoms with van der Waals surface area (Å²) in [5, 5.41) is 9.86. The highest BCUT2D eigenvalue weighted by Gasteiger charge is 2.24. The van der Waals surface area contributed by atoms with E-state index in [1.54, 1.807) is 0 Å². The molecule has 1 heterocycles. The maximum atomic E-state index is 9.86. The molecule has 0 spiro atoms. The van der Waals surface area contributed by atoms with Crippen LogP contribution in [0.5, 0.6) is 0 Å². The van der Waals surface area contributed by atoms with Crippen molar-refractivity contribution < 1.29 is 5.11 Å². The molecule has 1 saturated carbocycles. The fourth-order valence-corrected chi connectivity index (χ4v) is 2.20. The largest absolute Gasteiger partial charge is 0.392 e. The molecule has 0 unspecified atom stereocenters.